The van der Waals surface area contributed by atoms with Gasteiger partial charge in [0.15, 0.2) is 18.1 Å². The van der Waals surface area contributed by atoms with Crippen molar-refractivity contribution in [2.24, 2.45) is 0 Å². The molecule has 3 amide bonds. The van der Waals surface area contributed by atoms with E-state index >= 15 is 0 Å². The van der Waals surface area contributed by atoms with E-state index in [1.54, 1.807) is 18.1 Å². The number of methoxy groups -OCH3 is 2. The van der Waals surface area contributed by atoms with Crippen molar-refractivity contribution in [1.29, 1.82) is 0 Å². The van der Waals surface area contributed by atoms with Crippen molar-refractivity contribution in [2.75, 3.05) is 33.9 Å². The van der Waals surface area contributed by atoms with Crippen molar-refractivity contribution in [1.82, 2.24) is 15.5 Å². The van der Waals surface area contributed by atoms with Crippen LogP contribution in [-0.2, 0) is 33.8 Å². The first-order chi connectivity index (χ1) is 21.4. The van der Waals surface area contributed by atoms with Crippen LogP contribution >= 0.6 is 0 Å². The second-order valence-electron chi connectivity index (χ2n) is 11.0. The number of piperidine rings is 1. The van der Waals surface area contributed by atoms with Crippen molar-refractivity contribution in [2.45, 2.75) is 50.8 Å². The highest BCUT2D eigenvalue weighted by molar-refractivity contribution is 5.79. The highest BCUT2D eigenvalue weighted by atomic mass is 16.5. The number of para-hydroxylation sites is 1. The molecule has 4 bridgehead atoms. The topological polar surface area (TPSA) is 115 Å². The molecule has 2 atom stereocenters. The number of carbonyl (C=O) groups excluding carboxylic acids is 3. The smallest absolute Gasteiger partial charge is 0.258 e. The van der Waals surface area contributed by atoms with Gasteiger partial charge in [0.25, 0.3) is 5.91 Å². The third kappa shape index (κ3) is 8.00. The van der Waals surface area contributed by atoms with E-state index in [4.69, 9.17) is 18.9 Å². The fourth-order valence-electron chi connectivity index (χ4n) is 5.53. The SMILES string of the molecule is COc1ccccc1CCC(=O)N1CC[C@H]2Oc3ccc(cc3)CNC(=O)CCc3ccc(c(OC)c3)OCC(=O)N[C@@H]2C1. The van der Waals surface area contributed by atoms with Gasteiger partial charge < -0.3 is 34.5 Å². The first-order valence-electron chi connectivity index (χ1n) is 14.9. The molecular formula is C34H39N3O7. The molecule has 8 rings (SSSR count). The van der Waals surface area contributed by atoms with Crippen LogP contribution in [0.4, 0.5) is 0 Å². The predicted molar refractivity (Wildman–Crippen MR) is 164 cm³/mol. The molecule has 0 spiro atoms. The van der Waals surface area contributed by atoms with Gasteiger partial charge in [0.05, 0.1) is 20.3 Å². The molecule has 1 fully saturated rings. The van der Waals surface area contributed by atoms with Crippen LogP contribution in [0.15, 0.2) is 66.7 Å². The van der Waals surface area contributed by atoms with Gasteiger partial charge in [-0.25, -0.2) is 0 Å². The lowest BCUT2D eigenvalue weighted by molar-refractivity contribution is -0.135. The van der Waals surface area contributed by atoms with E-state index in [-0.39, 0.29) is 30.4 Å². The summed E-state index contributed by atoms with van der Waals surface area (Å²) in [4.78, 5) is 40.7. The highest BCUT2D eigenvalue weighted by Crippen LogP contribution is 2.29. The minimum absolute atomic E-state index is 0.00233. The molecule has 3 aromatic rings. The van der Waals surface area contributed by atoms with Crippen molar-refractivity contribution in [3.63, 3.8) is 0 Å². The number of hydrogen-bond acceptors (Lipinski definition) is 7. The average molecular weight is 602 g/mol. The standard InChI is InChI=1S/C34H39N3O7/c1-41-28-6-4-3-5-25(28)11-16-34(40)37-18-17-29-27(21-37)36-33(39)22-43-30-14-9-23(19-31(30)42-2)10-15-32(38)35-20-24-7-12-26(44-29)13-8-24/h3-9,12-14,19,27,29H,10-11,15-18,20-22H2,1-2H3,(H,35,38)(H,36,39)/t27-,29-/m1/s1. The Balaban J connectivity index is 1.31. The maximum atomic E-state index is 13.3. The molecule has 5 heterocycles. The number of amides is 3. The number of nitrogens with one attached hydrogen (secondary N) is 2. The molecular weight excluding hydrogens is 562 g/mol. The van der Waals surface area contributed by atoms with E-state index in [0.29, 0.717) is 69.0 Å². The Hall–Kier alpha value is -4.73. The van der Waals surface area contributed by atoms with Crippen LogP contribution in [0.2, 0.25) is 0 Å². The number of likely N-dealkylation sites (tertiary alicyclic amines) is 1. The Kier molecular flexibility index (Phi) is 10.2. The molecule has 5 aliphatic rings. The summed E-state index contributed by atoms with van der Waals surface area (Å²) in [6.45, 7) is 0.982. The number of benzene rings is 3. The molecule has 44 heavy (non-hydrogen) atoms. The average Bonchev–Trinajstić information content (AvgIpc) is 3.05. The van der Waals surface area contributed by atoms with Crippen LogP contribution in [0.5, 0.6) is 23.0 Å². The van der Waals surface area contributed by atoms with E-state index in [9.17, 15) is 14.4 Å². The zero-order chi connectivity index (χ0) is 30.9. The molecule has 0 unspecified atom stereocenters. The first kappa shape index (κ1) is 30.7. The monoisotopic (exact) mass is 601 g/mol. The zero-order valence-corrected chi connectivity index (χ0v) is 25.2. The lowest BCUT2D eigenvalue weighted by atomic mass is 10.00. The number of ether oxygens (including phenoxy) is 4. The minimum atomic E-state index is -0.455. The third-order valence-corrected chi connectivity index (χ3v) is 7.98. The summed E-state index contributed by atoms with van der Waals surface area (Å²) in [6.07, 6.45) is 1.92. The number of nitrogens with zero attached hydrogens (tertiary/aromatic N) is 1. The predicted octanol–water partition coefficient (Wildman–Crippen LogP) is 3.44. The fraction of sp³-hybridized carbons (Fsp3) is 0.382. The molecule has 0 aromatic heterocycles. The van der Waals surface area contributed by atoms with Crippen LogP contribution in [0.3, 0.4) is 0 Å². The van der Waals surface area contributed by atoms with Crippen LogP contribution in [0.1, 0.15) is 36.0 Å². The van der Waals surface area contributed by atoms with E-state index in [2.05, 4.69) is 10.6 Å². The molecule has 1 saturated heterocycles. The van der Waals surface area contributed by atoms with Gasteiger partial charge in [0.2, 0.25) is 11.8 Å². The molecule has 2 N–H and O–H groups in total. The van der Waals surface area contributed by atoms with Gasteiger partial charge in [0, 0.05) is 38.9 Å². The van der Waals surface area contributed by atoms with E-state index < -0.39 is 6.04 Å². The number of rotatable bonds is 5. The largest absolute Gasteiger partial charge is 0.496 e. The maximum Gasteiger partial charge on any atom is 0.258 e. The normalized spacial score (nSPS) is 19.1. The number of carbonyl (C=O) groups is 3. The van der Waals surface area contributed by atoms with Gasteiger partial charge in [-0.05, 0) is 59.9 Å². The van der Waals surface area contributed by atoms with Crippen LogP contribution in [-0.4, -0.2) is 68.7 Å². The van der Waals surface area contributed by atoms with Crippen LogP contribution in [0.25, 0.3) is 0 Å². The second-order valence-corrected chi connectivity index (χ2v) is 11.0. The Morgan fingerprint density at radius 1 is 0.932 bits per heavy atom. The molecule has 10 nitrogen and oxygen atoms in total. The molecule has 0 aliphatic carbocycles. The Morgan fingerprint density at radius 2 is 1.70 bits per heavy atom. The quantitative estimate of drug-likeness (QED) is 0.461. The highest BCUT2D eigenvalue weighted by Gasteiger charge is 2.34. The fourth-order valence-corrected chi connectivity index (χ4v) is 5.53. The zero-order valence-electron chi connectivity index (χ0n) is 25.2. The van der Waals surface area contributed by atoms with Gasteiger partial charge in [-0.3, -0.25) is 14.4 Å². The first-order valence-corrected chi connectivity index (χ1v) is 14.9. The van der Waals surface area contributed by atoms with Crippen molar-refractivity contribution in [3.8, 4) is 23.0 Å². The molecule has 0 radical (unpaired) electrons. The summed E-state index contributed by atoms with van der Waals surface area (Å²) < 4.78 is 23.1. The summed E-state index contributed by atoms with van der Waals surface area (Å²) in [6, 6.07) is 20.2. The summed E-state index contributed by atoms with van der Waals surface area (Å²) in [7, 11) is 3.15. The Morgan fingerprint density at radius 3 is 2.50 bits per heavy atom. The maximum absolute atomic E-state index is 13.3. The molecule has 232 valence electrons. The molecule has 0 saturated carbocycles. The van der Waals surface area contributed by atoms with E-state index in [0.717, 1.165) is 22.4 Å². The lowest BCUT2D eigenvalue weighted by Crippen LogP contribution is -2.58. The van der Waals surface area contributed by atoms with E-state index in [1.165, 1.54) is 7.11 Å². The van der Waals surface area contributed by atoms with Crippen molar-refractivity contribution < 1.29 is 33.3 Å². The van der Waals surface area contributed by atoms with Crippen molar-refractivity contribution >= 4 is 17.7 Å². The number of hydrogen-bond donors (Lipinski definition) is 2. The summed E-state index contributed by atoms with van der Waals surface area (Å²) in [5.74, 6) is 1.93. The minimum Gasteiger partial charge on any atom is -0.496 e. The lowest BCUT2D eigenvalue weighted by Gasteiger charge is -2.39. The van der Waals surface area contributed by atoms with Gasteiger partial charge in [-0.2, -0.15) is 0 Å². The van der Waals surface area contributed by atoms with Gasteiger partial charge in [0.1, 0.15) is 17.6 Å². The third-order valence-electron chi connectivity index (χ3n) is 7.98. The second kappa shape index (κ2) is 14.6. The number of aryl methyl sites for hydroxylation is 2. The summed E-state index contributed by atoms with van der Waals surface area (Å²) >= 11 is 0. The van der Waals surface area contributed by atoms with E-state index in [1.807, 2.05) is 60.7 Å². The van der Waals surface area contributed by atoms with Crippen LogP contribution < -0.4 is 29.6 Å². The summed E-state index contributed by atoms with van der Waals surface area (Å²) in [5, 5.41) is 6.02. The van der Waals surface area contributed by atoms with Crippen molar-refractivity contribution in [3.05, 3.63) is 83.4 Å². The Labute approximate surface area is 257 Å². The van der Waals surface area contributed by atoms with Crippen LogP contribution in [0, 0.1) is 0 Å². The van der Waals surface area contributed by atoms with Gasteiger partial charge in [-0.1, -0.05) is 36.4 Å². The Bertz CT molecular complexity index is 1460. The molecule has 3 aromatic carbocycles. The molecule has 10 heteroatoms. The molecule has 5 aliphatic heterocycles. The summed E-state index contributed by atoms with van der Waals surface area (Å²) in [5.41, 5.74) is 2.84. The van der Waals surface area contributed by atoms with Gasteiger partial charge >= 0.3 is 0 Å². The van der Waals surface area contributed by atoms with Gasteiger partial charge in [-0.15, -0.1) is 0 Å².